The van der Waals surface area contributed by atoms with Gasteiger partial charge in [0.1, 0.15) is 10.7 Å². The number of hydrogen-bond acceptors (Lipinski definition) is 3. The van der Waals surface area contributed by atoms with Gasteiger partial charge in [0.2, 0.25) is 15.3 Å². The lowest BCUT2D eigenvalue weighted by atomic mass is 10.2. The smallest absolute Gasteiger partial charge is 0.212 e. The highest BCUT2D eigenvalue weighted by molar-refractivity contribution is 7.91. The monoisotopic (exact) mass is 351 g/mol. The van der Waals surface area contributed by atoms with Crippen LogP contribution in [0.5, 0.6) is 0 Å². The summed E-state index contributed by atoms with van der Waals surface area (Å²) in [4.78, 5) is 14.5. The Balaban J connectivity index is 2.26. The molecule has 0 aliphatic carbocycles. The summed E-state index contributed by atoms with van der Waals surface area (Å²) in [5.74, 6) is -0.643. The number of nitrogens with one attached hydrogen (secondary N) is 1. The number of halogens is 2. The van der Waals surface area contributed by atoms with Crippen molar-refractivity contribution < 1.29 is 12.8 Å². The Morgan fingerprint density at radius 3 is 2.57 bits per heavy atom. The molecule has 1 heterocycles. The Bertz CT molecular complexity index is 1090. The quantitative estimate of drug-likeness (QED) is 0.768. The van der Waals surface area contributed by atoms with E-state index in [2.05, 4.69) is 4.98 Å². The molecule has 0 fully saturated rings. The third kappa shape index (κ3) is 2.64. The summed E-state index contributed by atoms with van der Waals surface area (Å²) < 4.78 is 38.9. The van der Waals surface area contributed by atoms with Gasteiger partial charge in [-0.25, -0.2) is 12.8 Å². The van der Waals surface area contributed by atoms with Crippen LogP contribution < -0.4 is 5.43 Å². The highest BCUT2D eigenvalue weighted by Crippen LogP contribution is 2.22. The van der Waals surface area contributed by atoms with Crippen molar-refractivity contribution in [3.05, 3.63) is 69.2 Å². The largest absolute Gasteiger partial charge is 0.360 e. The number of rotatable bonds is 2. The lowest BCUT2D eigenvalue weighted by Crippen LogP contribution is -2.16. The predicted octanol–water partition coefficient (Wildman–Crippen LogP) is 3.46. The van der Waals surface area contributed by atoms with E-state index >= 15 is 0 Å². The maximum Gasteiger partial charge on any atom is 0.212 e. The summed E-state index contributed by atoms with van der Waals surface area (Å²) in [6.07, 6.45) is 1.11. The first-order valence-corrected chi connectivity index (χ1v) is 8.49. The van der Waals surface area contributed by atoms with Crippen molar-refractivity contribution in [3.63, 3.8) is 0 Å². The molecule has 1 aromatic heterocycles. The number of benzene rings is 2. The van der Waals surface area contributed by atoms with Gasteiger partial charge in [-0.05, 0) is 42.8 Å². The zero-order chi connectivity index (χ0) is 16.8. The molecule has 0 atom stereocenters. The van der Waals surface area contributed by atoms with Crippen LogP contribution in [-0.2, 0) is 9.84 Å². The van der Waals surface area contributed by atoms with E-state index < -0.39 is 26.0 Å². The minimum atomic E-state index is -4.13. The van der Waals surface area contributed by atoms with Gasteiger partial charge in [-0.15, -0.1) is 0 Å². The maximum atomic E-state index is 13.7. The van der Waals surface area contributed by atoms with Gasteiger partial charge >= 0.3 is 0 Å². The number of fused-ring (bicyclic) bond motifs is 1. The molecule has 0 aliphatic rings. The van der Waals surface area contributed by atoms with Crippen LogP contribution in [0.2, 0.25) is 5.02 Å². The van der Waals surface area contributed by atoms with Gasteiger partial charge in [0.15, 0.2) is 0 Å². The van der Waals surface area contributed by atoms with Crippen LogP contribution in [0.3, 0.4) is 0 Å². The SMILES string of the molecule is Cc1ccc(S(=O)(=O)c2c[nH]c3cc(Cl)ccc3c2=O)cc1F. The average molecular weight is 352 g/mol. The molecule has 0 unspecified atom stereocenters. The molecule has 0 saturated carbocycles. The topological polar surface area (TPSA) is 67.0 Å². The van der Waals surface area contributed by atoms with E-state index in [0.717, 1.165) is 12.3 Å². The summed E-state index contributed by atoms with van der Waals surface area (Å²) >= 11 is 5.85. The van der Waals surface area contributed by atoms with E-state index in [4.69, 9.17) is 11.6 Å². The van der Waals surface area contributed by atoms with Gasteiger partial charge in [-0.2, -0.15) is 0 Å². The van der Waals surface area contributed by atoms with E-state index in [9.17, 15) is 17.6 Å². The van der Waals surface area contributed by atoms with Crippen LogP contribution in [0.4, 0.5) is 4.39 Å². The molecule has 0 radical (unpaired) electrons. The first kappa shape index (κ1) is 15.7. The number of aromatic nitrogens is 1. The Hall–Kier alpha value is -2.18. The molecule has 0 saturated heterocycles. The fraction of sp³-hybridized carbons (Fsp3) is 0.0625. The molecular weight excluding hydrogens is 341 g/mol. The lowest BCUT2D eigenvalue weighted by molar-refractivity contribution is 0.588. The van der Waals surface area contributed by atoms with Gasteiger partial charge in [-0.1, -0.05) is 17.7 Å². The summed E-state index contributed by atoms with van der Waals surface area (Å²) in [6, 6.07) is 8.03. The zero-order valence-corrected chi connectivity index (χ0v) is 13.5. The maximum absolute atomic E-state index is 13.7. The standard InChI is InChI=1S/C16H11ClFNO3S/c1-9-2-4-11(7-13(9)18)23(21,22)15-8-19-14-6-10(17)3-5-12(14)16(15)20/h2-8H,1H3,(H,19,20). The molecule has 7 heteroatoms. The summed E-state index contributed by atoms with van der Waals surface area (Å²) in [7, 11) is -4.13. The minimum Gasteiger partial charge on any atom is -0.360 e. The first-order chi connectivity index (χ1) is 10.8. The van der Waals surface area contributed by atoms with Crippen molar-refractivity contribution in [1.82, 2.24) is 4.98 Å². The summed E-state index contributed by atoms with van der Waals surface area (Å²) in [6.45, 7) is 1.53. The van der Waals surface area contributed by atoms with Crippen LogP contribution in [0.1, 0.15) is 5.56 Å². The normalized spacial score (nSPS) is 11.8. The van der Waals surface area contributed by atoms with Gasteiger partial charge < -0.3 is 4.98 Å². The predicted molar refractivity (Wildman–Crippen MR) is 86.2 cm³/mol. The van der Waals surface area contributed by atoms with E-state index in [1.807, 2.05) is 0 Å². The molecule has 3 aromatic rings. The van der Waals surface area contributed by atoms with Crippen molar-refractivity contribution in [3.8, 4) is 0 Å². The number of aryl methyl sites for hydroxylation is 1. The Labute approximate surface area is 136 Å². The third-order valence-corrected chi connectivity index (χ3v) is 5.54. The van der Waals surface area contributed by atoms with Crippen LogP contribution in [0.25, 0.3) is 10.9 Å². The molecule has 118 valence electrons. The number of sulfone groups is 1. The van der Waals surface area contributed by atoms with Gasteiger partial charge in [-0.3, -0.25) is 4.79 Å². The molecule has 4 nitrogen and oxygen atoms in total. The fourth-order valence-electron chi connectivity index (χ4n) is 2.24. The molecule has 23 heavy (non-hydrogen) atoms. The number of H-pyrrole nitrogens is 1. The molecule has 0 spiro atoms. The summed E-state index contributed by atoms with van der Waals surface area (Å²) in [5, 5.41) is 0.618. The second kappa shape index (κ2) is 5.47. The van der Waals surface area contributed by atoms with Crippen molar-refractivity contribution >= 4 is 32.3 Å². The Kier molecular flexibility index (Phi) is 3.74. The first-order valence-electron chi connectivity index (χ1n) is 6.63. The highest BCUT2D eigenvalue weighted by Gasteiger charge is 2.23. The highest BCUT2D eigenvalue weighted by atomic mass is 35.5. The molecule has 2 aromatic carbocycles. The molecule has 0 amide bonds. The third-order valence-electron chi connectivity index (χ3n) is 3.55. The Morgan fingerprint density at radius 1 is 1.13 bits per heavy atom. The Morgan fingerprint density at radius 2 is 1.87 bits per heavy atom. The van der Waals surface area contributed by atoms with E-state index in [1.54, 1.807) is 0 Å². The van der Waals surface area contributed by atoms with Crippen molar-refractivity contribution in [2.75, 3.05) is 0 Å². The number of aromatic amines is 1. The van der Waals surface area contributed by atoms with E-state index in [-0.39, 0.29) is 10.3 Å². The lowest BCUT2D eigenvalue weighted by Gasteiger charge is -2.07. The number of pyridine rings is 1. The van der Waals surface area contributed by atoms with E-state index in [1.165, 1.54) is 37.3 Å². The second-order valence-electron chi connectivity index (χ2n) is 5.09. The minimum absolute atomic E-state index is 0.197. The zero-order valence-electron chi connectivity index (χ0n) is 11.9. The van der Waals surface area contributed by atoms with Gasteiger partial charge in [0, 0.05) is 16.6 Å². The molecule has 0 bridgehead atoms. The molecule has 1 N–H and O–H groups in total. The van der Waals surface area contributed by atoms with Crippen molar-refractivity contribution in [1.29, 1.82) is 0 Å². The number of hydrogen-bond donors (Lipinski definition) is 1. The van der Waals surface area contributed by atoms with Crippen LogP contribution in [-0.4, -0.2) is 13.4 Å². The second-order valence-corrected chi connectivity index (χ2v) is 7.44. The fourth-order valence-corrected chi connectivity index (χ4v) is 3.74. The van der Waals surface area contributed by atoms with Crippen molar-refractivity contribution in [2.24, 2.45) is 0 Å². The van der Waals surface area contributed by atoms with Crippen LogP contribution in [0.15, 0.2) is 57.2 Å². The van der Waals surface area contributed by atoms with Gasteiger partial charge in [0.05, 0.1) is 10.4 Å². The van der Waals surface area contributed by atoms with Crippen molar-refractivity contribution in [2.45, 2.75) is 16.7 Å². The van der Waals surface area contributed by atoms with Gasteiger partial charge in [0.25, 0.3) is 0 Å². The van der Waals surface area contributed by atoms with Crippen LogP contribution >= 0.6 is 11.6 Å². The molecular formula is C16H11ClFNO3S. The molecule has 3 rings (SSSR count). The van der Waals surface area contributed by atoms with Crippen LogP contribution in [0, 0.1) is 12.7 Å². The average Bonchev–Trinajstić information content (AvgIpc) is 2.49. The summed E-state index contributed by atoms with van der Waals surface area (Å²) in [5.41, 5.74) is 0.0962. The molecule has 0 aliphatic heterocycles. The van der Waals surface area contributed by atoms with E-state index in [0.29, 0.717) is 16.1 Å².